The van der Waals surface area contributed by atoms with Crippen molar-refractivity contribution in [3.63, 3.8) is 0 Å². The Balaban J connectivity index is 2.31. The van der Waals surface area contributed by atoms with Crippen molar-refractivity contribution in [1.29, 1.82) is 0 Å². The average molecular weight is 228 g/mol. The maximum atomic E-state index is 10.8. The highest BCUT2D eigenvalue weighted by Crippen LogP contribution is 2.26. The van der Waals surface area contributed by atoms with Gasteiger partial charge in [-0.3, -0.25) is 0 Å². The predicted molar refractivity (Wildman–Crippen MR) is 64.1 cm³/mol. The van der Waals surface area contributed by atoms with E-state index in [-0.39, 0.29) is 6.10 Å². The number of carbonyl (C=O) groups is 1. The molecule has 1 rings (SSSR count). The monoisotopic (exact) mass is 228 g/mol. The molecule has 0 aromatic carbocycles. The summed E-state index contributed by atoms with van der Waals surface area (Å²) in [5.41, 5.74) is 5.08. The van der Waals surface area contributed by atoms with E-state index in [4.69, 9.17) is 10.5 Å². The number of ether oxygens (including phenoxy) is 1. The number of nitrogens with one attached hydrogen (secondary N) is 1. The first-order valence-electron chi connectivity index (χ1n) is 6.26. The number of amides is 1. The van der Waals surface area contributed by atoms with Gasteiger partial charge in [-0.2, -0.15) is 0 Å². The minimum Gasteiger partial charge on any atom is -0.446 e. The van der Waals surface area contributed by atoms with Crippen molar-refractivity contribution in [3.05, 3.63) is 0 Å². The van der Waals surface area contributed by atoms with E-state index in [2.05, 4.69) is 19.2 Å². The van der Waals surface area contributed by atoms with Crippen LogP contribution in [-0.2, 0) is 4.74 Å². The van der Waals surface area contributed by atoms with Gasteiger partial charge in [0.05, 0.1) is 0 Å². The predicted octanol–water partition coefficient (Wildman–Crippen LogP) is 1.89. The second-order valence-electron chi connectivity index (χ2n) is 5.07. The Morgan fingerprint density at radius 3 is 2.75 bits per heavy atom. The average Bonchev–Trinajstić information content (AvgIpc) is 2.19. The molecule has 1 aliphatic rings. The fourth-order valence-electron chi connectivity index (χ4n) is 2.27. The number of hydrogen-bond acceptors (Lipinski definition) is 3. The third kappa shape index (κ3) is 4.84. The first kappa shape index (κ1) is 13.3. The Morgan fingerprint density at radius 1 is 1.44 bits per heavy atom. The summed E-state index contributed by atoms with van der Waals surface area (Å²) in [5.74, 6) is 1.08. The van der Waals surface area contributed by atoms with Gasteiger partial charge in [-0.25, -0.2) is 4.79 Å². The number of hydrogen-bond donors (Lipinski definition) is 2. The molecule has 4 nitrogen and oxygen atoms in total. The molecular formula is C12H24N2O2. The van der Waals surface area contributed by atoms with Crippen LogP contribution in [0.1, 0.15) is 39.5 Å². The largest absolute Gasteiger partial charge is 0.446 e. The van der Waals surface area contributed by atoms with Crippen molar-refractivity contribution < 1.29 is 9.53 Å². The molecule has 0 aromatic rings. The van der Waals surface area contributed by atoms with Crippen molar-refractivity contribution in [2.24, 2.45) is 17.6 Å². The Bertz CT molecular complexity index is 219. The van der Waals surface area contributed by atoms with E-state index >= 15 is 0 Å². The highest BCUT2D eigenvalue weighted by molar-refractivity contribution is 5.64. The zero-order valence-corrected chi connectivity index (χ0v) is 10.4. The fraction of sp³-hybridized carbons (Fsp3) is 0.917. The van der Waals surface area contributed by atoms with E-state index < -0.39 is 6.09 Å². The number of nitrogens with two attached hydrogens (primary N) is 1. The van der Waals surface area contributed by atoms with Crippen LogP contribution in [0, 0.1) is 11.8 Å². The molecule has 0 radical (unpaired) electrons. The molecule has 1 aliphatic carbocycles. The third-order valence-corrected chi connectivity index (χ3v) is 3.07. The van der Waals surface area contributed by atoms with Crippen LogP contribution in [-0.4, -0.2) is 25.3 Å². The Morgan fingerprint density at radius 2 is 2.12 bits per heavy atom. The Hall–Kier alpha value is -0.770. The molecule has 1 saturated carbocycles. The molecule has 1 amide bonds. The normalized spacial score (nSPS) is 25.7. The van der Waals surface area contributed by atoms with Crippen LogP contribution in [0.5, 0.6) is 0 Å². The number of primary amides is 1. The molecule has 3 N–H and O–H groups in total. The van der Waals surface area contributed by atoms with Gasteiger partial charge in [0.15, 0.2) is 0 Å². The van der Waals surface area contributed by atoms with E-state index in [1.54, 1.807) is 0 Å². The molecular weight excluding hydrogens is 204 g/mol. The van der Waals surface area contributed by atoms with Crippen LogP contribution in [0.3, 0.4) is 0 Å². The Labute approximate surface area is 97.9 Å². The second kappa shape index (κ2) is 6.74. The summed E-state index contributed by atoms with van der Waals surface area (Å²) in [4.78, 5) is 10.8. The third-order valence-electron chi connectivity index (χ3n) is 3.07. The summed E-state index contributed by atoms with van der Waals surface area (Å²) >= 11 is 0. The van der Waals surface area contributed by atoms with Crippen LogP contribution >= 0.6 is 0 Å². The first-order chi connectivity index (χ1) is 7.59. The van der Waals surface area contributed by atoms with Crippen molar-refractivity contribution >= 4 is 6.09 Å². The van der Waals surface area contributed by atoms with Crippen molar-refractivity contribution in [1.82, 2.24) is 5.32 Å². The topological polar surface area (TPSA) is 64.3 Å². The summed E-state index contributed by atoms with van der Waals surface area (Å²) in [6.45, 7) is 6.31. The van der Waals surface area contributed by atoms with E-state index in [0.717, 1.165) is 32.4 Å². The smallest absolute Gasteiger partial charge is 0.404 e. The highest BCUT2D eigenvalue weighted by atomic mass is 16.6. The quantitative estimate of drug-likeness (QED) is 0.755. The number of rotatable bonds is 5. The molecule has 94 valence electrons. The van der Waals surface area contributed by atoms with Gasteiger partial charge in [0, 0.05) is 12.5 Å². The van der Waals surface area contributed by atoms with Gasteiger partial charge in [-0.05, 0) is 31.7 Å². The molecule has 4 heteroatoms. The SMILES string of the molecule is CC(C)CNC[C@@H]1CCCC[C@@H]1OC(N)=O. The van der Waals surface area contributed by atoms with Crippen LogP contribution in [0.2, 0.25) is 0 Å². The molecule has 1 fully saturated rings. The van der Waals surface area contributed by atoms with Gasteiger partial charge in [0.25, 0.3) is 0 Å². The Kier molecular flexibility index (Phi) is 5.60. The lowest BCUT2D eigenvalue weighted by Gasteiger charge is -2.31. The van der Waals surface area contributed by atoms with Gasteiger partial charge in [-0.15, -0.1) is 0 Å². The molecule has 2 atom stereocenters. The van der Waals surface area contributed by atoms with E-state index in [9.17, 15) is 4.79 Å². The van der Waals surface area contributed by atoms with Crippen LogP contribution in [0.25, 0.3) is 0 Å². The van der Waals surface area contributed by atoms with Gasteiger partial charge in [-0.1, -0.05) is 20.3 Å². The minimum atomic E-state index is -0.638. The molecule has 0 spiro atoms. The standard InChI is InChI=1S/C12H24N2O2/c1-9(2)7-14-8-10-5-3-4-6-11(10)16-12(13)15/h9-11,14H,3-8H2,1-2H3,(H2,13,15)/t10-,11-/m0/s1. The van der Waals surface area contributed by atoms with E-state index in [0.29, 0.717) is 11.8 Å². The summed E-state index contributed by atoms with van der Waals surface area (Å²) in [5, 5.41) is 3.43. The molecule has 0 aromatic heterocycles. The summed E-state index contributed by atoms with van der Waals surface area (Å²) in [6.07, 6.45) is 3.83. The molecule has 0 saturated heterocycles. The van der Waals surface area contributed by atoms with Crippen LogP contribution < -0.4 is 11.1 Å². The van der Waals surface area contributed by atoms with Crippen molar-refractivity contribution in [2.45, 2.75) is 45.6 Å². The number of carbonyl (C=O) groups excluding carboxylic acids is 1. The van der Waals surface area contributed by atoms with Gasteiger partial charge >= 0.3 is 6.09 Å². The molecule has 16 heavy (non-hydrogen) atoms. The maximum absolute atomic E-state index is 10.8. The maximum Gasteiger partial charge on any atom is 0.404 e. The van der Waals surface area contributed by atoms with Gasteiger partial charge in [0.1, 0.15) is 6.10 Å². The van der Waals surface area contributed by atoms with Crippen LogP contribution in [0.15, 0.2) is 0 Å². The summed E-state index contributed by atoms with van der Waals surface area (Å²) in [6, 6.07) is 0. The van der Waals surface area contributed by atoms with E-state index in [1.807, 2.05) is 0 Å². The molecule has 0 bridgehead atoms. The zero-order valence-electron chi connectivity index (χ0n) is 10.4. The highest BCUT2D eigenvalue weighted by Gasteiger charge is 2.27. The first-order valence-corrected chi connectivity index (χ1v) is 6.26. The molecule has 0 unspecified atom stereocenters. The van der Waals surface area contributed by atoms with Gasteiger partial charge < -0.3 is 15.8 Å². The van der Waals surface area contributed by atoms with Crippen LogP contribution in [0.4, 0.5) is 4.79 Å². The van der Waals surface area contributed by atoms with Crippen molar-refractivity contribution in [3.8, 4) is 0 Å². The minimum absolute atomic E-state index is 0.0194. The van der Waals surface area contributed by atoms with Gasteiger partial charge in [0.2, 0.25) is 0 Å². The van der Waals surface area contributed by atoms with E-state index in [1.165, 1.54) is 6.42 Å². The lowest BCUT2D eigenvalue weighted by atomic mass is 9.86. The summed E-state index contributed by atoms with van der Waals surface area (Å²) < 4.78 is 5.16. The zero-order chi connectivity index (χ0) is 12.0. The molecule has 0 heterocycles. The lowest BCUT2D eigenvalue weighted by Crippen LogP contribution is -2.38. The second-order valence-corrected chi connectivity index (χ2v) is 5.07. The van der Waals surface area contributed by atoms with Crippen molar-refractivity contribution in [2.75, 3.05) is 13.1 Å². The fourth-order valence-corrected chi connectivity index (χ4v) is 2.27. The summed E-state index contributed by atoms with van der Waals surface area (Å²) in [7, 11) is 0. The lowest BCUT2D eigenvalue weighted by molar-refractivity contribution is 0.0428. The molecule has 0 aliphatic heterocycles.